The summed E-state index contributed by atoms with van der Waals surface area (Å²) in [6, 6.07) is 1.23. The molecule has 0 fully saturated rings. The third kappa shape index (κ3) is 2.48. The number of hydrogen-bond donors (Lipinski definition) is 1. The average molecular weight is 203 g/mol. The Hall–Kier alpha value is -1.03. The zero-order valence-corrected chi connectivity index (χ0v) is 7.86. The van der Waals surface area contributed by atoms with E-state index < -0.39 is 17.5 Å². The summed E-state index contributed by atoms with van der Waals surface area (Å²) in [6.45, 7) is 1.83. The molecule has 1 aromatic rings. The minimum absolute atomic E-state index is 0.00292. The molecule has 14 heavy (non-hydrogen) atoms. The van der Waals surface area contributed by atoms with E-state index in [0.29, 0.717) is 12.5 Å². The van der Waals surface area contributed by atoms with Gasteiger partial charge in [0.15, 0.2) is 11.6 Å². The summed E-state index contributed by atoms with van der Waals surface area (Å²) in [7, 11) is 0. The highest BCUT2D eigenvalue weighted by Crippen LogP contribution is 2.16. The third-order valence-electron chi connectivity index (χ3n) is 2.07. The summed E-state index contributed by atoms with van der Waals surface area (Å²) in [4.78, 5) is 0. The van der Waals surface area contributed by atoms with E-state index in [9.17, 15) is 13.2 Å². The van der Waals surface area contributed by atoms with Crippen LogP contribution in [-0.4, -0.2) is 6.04 Å². The van der Waals surface area contributed by atoms with E-state index in [0.717, 1.165) is 6.07 Å². The Labute approximate surface area is 80.7 Å². The molecule has 0 spiro atoms. The first-order valence-corrected chi connectivity index (χ1v) is 4.43. The average Bonchev–Trinajstić information content (AvgIpc) is 2.13. The summed E-state index contributed by atoms with van der Waals surface area (Å²) >= 11 is 0. The number of hydrogen-bond acceptors (Lipinski definition) is 1. The van der Waals surface area contributed by atoms with Gasteiger partial charge in [0, 0.05) is 12.1 Å². The van der Waals surface area contributed by atoms with E-state index in [4.69, 9.17) is 5.73 Å². The number of rotatable bonds is 3. The molecule has 1 rings (SSSR count). The lowest BCUT2D eigenvalue weighted by atomic mass is 10.0. The van der Waals surface area contributed by atoms with Crippen molar-refractivity contribution in [2.75, 3.05) is 0 Å². The van der Waals surface area contributed by atoms with E-state index in [1.165, 1.54) is 0 Å². The Morgan fingerprint density at radius 1 is 1.29 bits per heavy atom. The lowest BCUT2D eigenvalue weighted by molar-refractivity contribution is 0.478. The fourth-order valence-electron chi connectivity index (χ4n) is 1.18. The van der Waals surface area contributed by atoms with Gasteiger partial charge in [-0.2, -0.15) is 0 Å². The largest absolute Gasteiger partial charge is 0.327 e. The monoisotopic (exact) mass is 203 g/mol. The number of nitrogens with two attached hydrogens (primary N) is 1. The van der Waals surface area contributed by atoms with Gasteiger partial charge in [0.05, 0.1) is 0 Å². The first-order valence-electron chi connectivity index (χ1n) is 4.43. The second kappa shape index (κ2) is 4.46. The molecule has 1 nitrogen and oxygen atoms in total. The zero-order chi connectivity index (χ0) is 10.7. The molecule has 0 radical (unpaired) electrons. The van der Waals surface area contributed by atoms with Crippen LogP contribution in [0.2, 0.25) is 0 Å². The van der Waals surface area contributed by atoms with Crippen LogP contribution in [0.15, 0.2) is 12.1 Å². The Bertz CT molecular complexity index is 325. The molecule has 0 saturated carbocycles. The summed E-state index contributed by atoms with van der Waals surface area (Å²) in [6.07, 6.45) is 0.786. The van der Waals surface area contributed by atoms with E-state index >= 15 is 0 Å². The van der Waals surface area contributed by atoms with Crippen LogP contribution in [0.5, 0.6) is 0 Å². The van der Waals surface area contributed by atoms with Crippen molar-refractivity contribution in [3.63, 3.8) is 0 Å². The van der Waals surface area contributed by atoms with Crippen LogP contribution in [0, 0.1) is 17.5 Å². The molecule has 1 aromatic carbocycles. The van der Waals surface area contributed by atoms with Gasteiger partial charge in [-0.1, -0.05) is 6.92 Å². The molecule has 0 amide bonds. The quantitative estimate of drug-likeness (QED) is 0.750. The van der Waals surface area contributed by atoms with E-state index in [2.05, 4.69) is 0 Å². The SMILES string of the molecule is CCC(N)Cc1cc(F)cc(F)c1F. The molecule has 0 saturated heterocycles. The summed E-state index contributed by atoms with van der Waals surface area (Å²) in [5, 5.41) is 0. The minimum atomic E-state index is -1.16. The predicted octanol–water partition coefficient (Wildman–Crippen LogP) is 2.38. The van der Waals surface area contributed by atoms with Crippen LogP contribution < -0.4 is 5.73 Å². The van der Waals surface area contributed by atoms with Crippen molar-refractivity contribution in [1.82, 2.24) is 0 Å². The molecular formula is C10H12F3N. The topological polar surface area (TPSA) is 26.0 Å². The summed E-state index contributed by atoms with van der Waals surface area (Å²) in [5.74, 6) is -2.94. The first-order chi connectivity index (χ1) is 6.54. The predicted molar refractivity (Wildman–Crippen MR) is 48.3 cm³/mol. The smallest absolute Gasteiger partial charge is 0.162 e. The summed E-state index contributed by atoms with van der Waals surface area (Å²) < 4.78 is 38.5. The molecule has 1 atom stereocenters. The molecular weight excluding hydrogens is 191 g/mol. The van der Waals surface area contributed by atoms with Gasteiger partial charge >= 0.3 is 0 Å². The van der Waals surface area contributed by atoms with Crippen molar-refractivity contribution in [1.29, 1.82) is 0 Å². The van der Waals surface area contributed by atoms with E-state index in [1.807, 2.05) is 6.92 Å². The van der Waals surface area contributed by atoms with Gasteiger partial charge in [-0.25, -0.2) is 13.2 Å². The van der Waals surface area contributed by atoms with E-state index in [1.54, 1.807) is 0 Å². The molecule has 0 aliphatic carbocycles. The highest BCUT2D eigenvalue weighted by molar-refractivity contribution is 5.21. The maximum atomic E-state index is 13.1. The van der Waals surface area contributed by atoms with Crippen LogP contribution >= 0.6 is 0 Å². The second-order valence-electron chi connectivity index (χ2n) is 3.23. The highest BCUT2D eigenvalue weighted by Gasteiger charge is 2.12. The molecule has 0 aliphatic rings. The molecule has 2 N–H and O–H groups in total. The van der Waals surface area contributed by atoms with Crippen LogP contribution in [-0.2, 0) is 6.42 Å². The van der Waals surface area contributed by atoms with Crippen LogP contribution in [0.1, 0.15) is 18.9 Å². The van der Waals surface area contributed by atoms with Crippen molar-refractivity contribution in [2.24, 2.45) is 5.73 Å². The standard InChI is InChI=1S/C10H12F3N/c1-2-8(14)4-6-3-7(11)5-9(12)10(6)13/h3,5,8H,2,4,14H2,1H3. The van der Waals surface area contributed by atoms with Gasteiger partial charge in [-0.15, -0.1) is 0 Å². The fourth-order valence-corrected chi connectivity index (χ4v) is 1.18. The minimum Gasteiger partial charge on any atom is -0.327 e. The Morgan fingerprint density at radius 3 is 2.50 bits per heavy atom. The zero-order valence-electron chi connectivity index (χ0n) is 7.86. The molecule has 0 bridgehead atoms. The van der Waals surface area contributed by atoms with Crippen molar-refractivity contribution in [3.05, 3.63) is 35.1 Å². The number of benzene rings is 1. The van der Waals surface area contributed by atoms with Gasteiger partial charge in [0.25, 0.3) is 0 Å². The Kier molecular flexibility index (Phi) is 3.52. The number of halogens is 3. The molecule has 0 aliphatic heterocycles. The molecule has 1 unspecified atom stereocenters. The van der Waals surface area contributed by atoms with Crippen molar-refractivity contribution < 1.29 is 13.2 Å². The molecule has 4 heteroatoms. The van der Waals surface area contributed by atoms with Gasteiger partial charge in [0.1, 0.15) is 5.82 Å². The fraction of sp³-hybridized carbons (Fsp3) is 0.400. The lowest BCUT2D eigenvalue weighted by Gasteiger charge is -2.09. The normalized spacial score (nSPS) is 12.9. The van der Waals surface area contributed by atoms with Crippen LogP contribution in [0.25, 0.3) is 0 Å². The Morgan fingerprint density at radius 2 is 1.93 bits per heavy atom. The van der Waals surface area contributed by atoms with Crippen molar-refractivity contribution >= 4 is 0 Å². The molecule has 0 aromatic heterocycles. The van der Waals surface area contributed by atoms with Crippen LogP contribution in [0.4, 0.5) is 13.2 Å². The Balaban J connectivity index is 2.96. The summed E-state index contributed by atoms with van der Waals surface area (Å²) in [5.41, 5.74) is 5.56. The maximum Gasteiger partial charge on any atom is 0.162 e. The third-order valence-corrected chi connectivity index (χ3v) is 2.07. The second-order valence-corrected chi connectivity index (χ2v) is 3.23. The molecule has 78 valence electrons. The maximum absolute atomic E-state index is 13.1. The van der Waals surface area contributed by atoms with E-state index in [-0.39, 0.29) is 18.0 Å². The van der Waals surface area contributed by atoms with Gasteiger partial charge < -0.3 is 5.73 Å². The van der Waals surface area contributed by atoms with Gasteiger partial charge in [0.2, 0.25) is 0 Å². The first kappa shape index (κ1) is 11.0. The van der Waals surface area contributed by atoms with Crippen molar-refractivity contribution in [2.45, 2.75) is 25.8 Å². The van der Waals surface area contributed by atoms with Crippen molar-refractivity contribution in [3.8, 4) is 0 Å². The van der Waals surface area contributed by atoms with Gasteiger partial charge in [-0.05, 0) is 24.5 Å². The lowest BCUT2D eigenvalue weighted by Crippen LogP contribution is -2.22. The van der Waals surface area contributed by atoms with Gasteiger partial charge in [-0.3, -0.25) is 0 Å². The molecule has 0 heterocycles. The van der Waals surface area contributed by atoms with Crippen LogP contribution in [0.3, 0.4) is 0 Å². The highest BCUT2D eigenvalue weighted by atomic mass is 19.2.